The largest absolute Gasteiger partial charge is 0.436 e. The predicted octanol–water partition coefficient (Wildman–Crippen LogP) is 3.46. The van der Waals surface area contributed by atoms with Crippen LogP contribution in [0.5, 0.6) is 11.6 Å². The van der Waals surface area contributed by atoms with Crippen molar-refractivity contribution >= 4 is 5.95 Å². The number of rotatable bonds is 4. The predicted molar refractivity (Wildman–Crippen MR) is 72.1 cm³/mol. The maximum Gasteiger partial charge on any atom is 0.260 e. The number of aromatic nitrogens is 2. The molecule has 1 N–H and O–H groups in total. The molecule has 0 bridgehead atoms. The zero-order valence-corrected chi connectivity index (χ0v) is 11.2. The van der Waals surface area contributed by atoms with E-state index >= 15 is 0 Å². The molecule has 2 rings (SSSR count). The number of aryl methyl sites for hydroxylation is 2. The standard InChI is InChI=1S/C14H16FN3O/c1-4-16-14-17-8-11(15)13(18-14)19-12-7-9(2)5-6-10(12)3/h5-8H,4H2,1-3H3,(H,16,17,18). The number of halogens is 1. The first-order valence-corrected chi connectivity index (χ1v) is 6.11. The summed E-state index contributed by atoms with van der Waals surface area (Å²) in [6.45, 7) is 6.43. The summed E-state index contributed by atoms with van der Waals surface area (Å²) in [5.41, 5.74) is 1.97. The van der Waals surface area contributed by atoms with Crippen LogP contribution < -0.4 is 10.1 Å². The van der Waals surface area contributed by atoms with Gasteiger partial charge in [0, 0.05) is 6.54 Å². The molecule has 0 aliphatic carbocycles. The number of anilines is 1. The summed E-state index contributed by atoms with van der Waals surface area (Å²) in [5.74, 6) is 0.298. The second-order valence-corrected chi connectivity index (χ2v) is 4.25. The third kappa shape index (κ3) is 3.19. The van der Waals surface area contributed by atoms with Crippen molar-refractivity contribution in [3.8, 4) is 11.6 Å². The Labute approximate surface area is 111 Å². The Morgan fingerprint density at radius 3 is 2.84 bits per heavy atom. The Morgan fingerprint density at radius 1 is 1.32 bits per heavy atom. The monoisotopic (exact) mass is 261 g/mol. The van der Waals surface area contributed by atoms with E-state index in [4.69, 9.17) is 4.74 Å². The van der Waals surface area contributed by atoms with Crippen molar-refractivity contribution in [3.63, 3.8) is 0 Å². The van der Waals surface area contributed by atoms with E-state index in [-0.39, 0.29) is 5.88 Å². The second kappa shape index (κ2) is 5.65. The Bertz CT molecular complexity index is 587. The first kappa shape index (κ1) is 13.3. The first-order chi connectivity index (χ1) is 9.10. The average molecular weight is 261 g/mol. The highest BCUT2D eigenvalue weighted by atomic mass is 19.1. The first-order valence-electron chi connectivity index (χ1n) is 6.11. The summed E-state index contributed by atoms with van der Waals surface area (Å²) in [6.07, 6.45) is 1.10. The molecule has 1 aromatic carbocycles. The lowest BCUT2D eigenvalue weighted by Gasteiger charge is -2.10. The highest BCUT2D eigenvalue weighted by Gasteiger charge is 2.10. The van der Waals surface area contributed by atoms with Crippen molar-refractivity contribution < 1.29 is 9.13 Å². The van der Waals surface area contributed by atoms with E-state index in [0.717, 1.165) is 17.3 Å². The van der Waals surface area contributed by atoms with Gasteiger partial charge in [0.15, 0.2) is 0 Å². The van der Waals surface area contributed by atoms with Gasteiger partial charge < -0.3 is 10.1 Å². The summed E-state index contributed by atoms with van der Waals surface area (Å²) in [4.78, 5) is 7.84. The zero-order chi connectivity index (χ0) is 13.8. The molecule has 0 fully saturated rings. The van der Waals surface area contributed by atoms with Crippen LogP contribution in [0, 0.1) is 19.7 Å². The van der Waals surface area contributed by atoms with Gasteiger partial charge in [-0.05, 0) is 38.0 Å². The lowest BCUT2D eigenvalue weighted by Crippen LogP contribution is -2.04. The number of hydrogen-bond donors (Lipinski definition) is 1. The normalized spacial score (nSPS) is 10.3. The molecule has 1 heterocycles. The minimum absolute atomic E-state index is 0.0698. The van der Waals surface area contributed by atoms with Gasteiger partial charge in [-0.2, -0.15) is 9.37 Å². The van der Waals surface area contributed by atoms with Gasteiger partial charge in [-0.1, -0.05) is 12.1 Å². The molecule has 0 saturated heterocycles. The minimum Gasteiger partial charge on any atom is -0.436 e. The van der Waals surface area contributed by atoms with Crippen molar-refractivity contribution in [2.45, 2.75) is 20.8 Å². The Kier molecular flexibility index (Phi) is 3.94. The van der Waals surface area contributed by atoms with E-state index in [0.29, 0.717) is 18.2 Å². The van der Waals surface area contributed by atoms with Crippen LogP contribution in [-0.2, 0) is 0 Å². The van der Waals surface area contributed by atoms with Crippen molar-refractivity contribution in [2.24, 2.45) is 0 Å². The SMILES string of the molecule is CCNc1ncc(F)c(Oc2cc(C)ccc2C)n1. The minimum atomic E-state index is -0.581. The van der Waals surface area contributed by atoms with Crippen LogP contribution in [-0.4, -0.2) is 16.5 Å². The van der Waals surface area contributed by atoms with Crippen LogP contribution in [0.15, 0.2) is 24.4 Å². The molecule has 0 aliphatic rings. The molecule has 0 aliphatic heterocycles. The lowest BCUT2D eigenvalue weighted by molar-refractivity contribution is 0.418. The van der Waals surface area contributed by atoms with Crippen LogP contribution in [0.1, 0.15) is 18.1 Å². The maximum atomic E-state index is 13.7. The Morgan fingerprint density at radius 2 is 2.11 bits per heavy atom. The van der Waals surface area contributed by atoms with Gasteiger partial charge in [0.25, 0.3) is 5.88 Å². The van der Waals surface area contributed by atoms with E-state index in [1.165, 1.54) is 0 Å². The summed E-state index contributed by atoms with van der Waals surface area (Å²) < 4.78 is 19.2. The van der Waals surface area contributed by atoms with Gasteiger partial charge in [0.1, 0.15) is 5.75 Å². The average Bonchev–Trinajstić information content (AvgIpc) is 2.38. The molecule has 0 amide bonds. The number of hydrogen-bond acceptors (Lipinski definition) is 4. The summed E-state index contributed by atoms with van der Waals surface area (Å²) in [7, 11) is 0. The quantitative estimate of drug-likeness (QED) is 0.915. The van der Waals surface area contributed by atoms with Crippen LogP contribution in [0.3, 0.4) is 0 Å². The molecule has 5 heteroatoms. The number of benzene rings is 1. The fourth-order valence-corrected chi connectivity index (χ4v) is 1.59. The summed E-state index contributed by atoms with van der Waals surface area (Å²) >= 11 is 0. The fraction of sp³-hybridized carbons (Fsp3) is 0.286. The second-order valence-electron chi connectivity index (χ2n) is 4.25. The molecule has 0 atom stereocenters. The number of ether oxygens (including phenoxy) is 1. The Balaban J connectivity index is 2.31. The van der Waals surface area contributed by atoms with E-state index in [9.17, 15) is 4.39 Å². The van der Waals surface area contributed by atoms with Crippen molar-refractivity contribution in [3.05, 3.63) is 41.3 Å². The van der Waals surface area contributed by atoms with E-state index in [1.807, 2.05) is 39.0 Å². The number of nitrogens with one attached hydrogen (secondary N) is 1. The molecule has 0 saturated carbocycles. The Hall–Kier alpha value is -2.17. The van der Waals surface area contributed by atoms with Gasteiger partial charge in [-0.15, -0.1) is 0 Å². The van der Waals surface area contributed by atoms with Gasteiger partial charge in [-0.25, -0.2) is 4.98 Å². The molecule has 100 valence electrons. The van der Waals surface area contributed by atoms with Crippen LogP contribution in [0.25, 0.3) is 0 Å². The summed E-state index contributed by atoms with van der Waals surface area (Å²) in [6, 6.07) is 5.75. The summed E-state index contributed by atoms with van der Waals surface area (Å²) in [5, 5.41) is 2.92. The smallest absolute Gasteiger partial charge is 0.260 e. The van der Waals surface area contributed by atoms with Crippen molar-refractivity contribution in [1.82, 2.24) is 9.97 Å². The molecule has 1 aromatic heterocycles. The highest BCUT2D eigenvalue weighted by molar-refractivity contribution is 5.39. The van der Waals surface area contributed by atoms with Crippen molar-refractivity contribution in [1.29, 1.82) is 0 Å². The van der Waals surface area contributed by atoms with Gasteiger partial charge in [0.2, 0.25) is 11.8 Å². The van der Waals surface area contributed by atoms with Gasteiger partial charge >= 0.3 is 0 Å². The molecule has 4 nitrogen and oxygen atoms in total. The molecule has 0 radical (unpaired) electrons. The van der Waals surface area contributed by atoms with Gasteiger partial charge in [-0.3, -0.25) is 0 Å². The third-order valence-electron chi connectivity index (χ3n) is 2.60. The fourth-order valence-electron chi connectivity index (χ4n) is 1.59. The van der Waals surface area contributed by atoms with E-state index in [2.05, 4.69) is 15.3 Å². The third-order valence-corrected chi connectivity index (χ3v) is 2.60. The van der Waals surface area contributed by atoms with Crippen LogP contribution >= 0.6 is 0 Å². The van der Waals surface area contributed by atoms with Crippen molar-refractivity contribution in [2.75, 3.05) is 11.9 Å². The molecular formula is C14H16FN3O. The van der Waals surface area contributed by atoms with Crippen LogP contribution in [0.4, 0.5) is 10.3 Å². The molecule has 0 unspecified atom stereocenters. The molecule has 2 aromatic rings. The molecular weight excluding hydrogens is 245 g/mol. The van der Waals surface area contributed by atoms with Crippen LogP contribution in [0.2, 0.25) is 0 Å². The highest BCUT2D eigenvalue weighted by Crippen LogP contribution is 2.26. The van der Waals surface area contributed by atoms with E-state index < -0.39 is 5.82 Å². The molecule has 0 spiro atoms. The van der Waals surface area contributed by atoms with E-state index in [1.54, 1.807) is 0 Å². The maximum absolute atomic E-state index is 13.7. The topological polar surface area (TPSA) is 47.0 Å². The van der Waals surface area contributed by atoms with Gasteiger partial charge in [0.05, 0.1) is 6.20 Å². The molecule has 19 heavy (non-hydrogen) atoms. The zero-order valence-electron chi connectivity index (χ0n) is 11.2. The number of nitrogens with zero attached hydrogens (tertiary/aromatic N) is 2. The lowest BCUT2D eigenvalue weighted by atomic mass is 10.1.